The number of ketones is 1. The van der Waals surface area contributed by atoms with Crippen LogP contribution in [0.1, 0.15) is 26.3 Å². The van der Waals surface area contributed by atoms with Crippen LogP contribution in [0.2, 0.25) is 0 Å². The Balaban J connectivity index is 0.00000106. The van der Waals surface area contributed by atoms with E-state index >= 15 is 0 Å². The van der Waals surface area contributed by atoms with Gasteiger partial charge in [-0.2, -0.15) is 0 Å². The maximum Gasteiger partial charge on any atom is 0.154 e. The molecular weight excluding hydrogens is 258 g/mol. The van der Waals surface area contributed by atoms with Crippen molar-refractivity contribution in [2.45, 2.75) is 27.3 Å². The number of hydrogen-bond donors (Lipinski definition) is 0. The topological polar surface area (TPSA) is 20.3 Å². The van der Waals surface area contributed by atoms with E-state index in [0.717, 1.165) is 12.2 Å². The van der Waals surface area contributed by atoms with Crippen molar-refractivity contribution in [2.75, 3.05) is 4.90 Å². The van der Waals surface area contributed by atoms with Crippen molar-refractivity contribution in [2.24, 2.45) is 0 Å². The zero-order valence-corrected chi connectivity index (χ0v) is 13.0. The predicted octanol–water partition coefficient (Wildman–Crippen LogP) is 4.82. The van der Waals surface area contributed by atoms with Crippen molar-refractivity contribution in [3.63, 3.8) is 0 Å². The molecule has 0 aliphatic heterocycles. The van der Waals surface area contributed by atoms with Crippen molar-refractivity contribution >= 4 is 11.5 Å². The lowest BCUT2D eigenvalue weighted by molar-refractivity contribution is -0.112. The summed E-state index contributed by atoms with van der Waals surface area (Å²) in [4.78, 5) is 13.2. The third kappa shape index (κ3) is 6.09. The molecule has 110 valence electrons. The molecule has 0 bridgehead atoms. The molecule has 0 aliphatic rings. The van der Waals surface area contributed by atoms with Gasteiger partial charge in [0.25, 0.3) is 0 Å². The minimum absolute atomic E-state index is 0.0500. The van der Waals surface area contributed by atoms with Crippen LogP contribution in [-0.4, -0.2) is 5.78 Å². The van der Waals surface area contributed by atoms with Crippen LogP contribution in [0.25, 0.3) is 0 Å². The van der Waals surface area contributed by atoms with Crippen molar-refractivity contribution in [1.29, 1.82) is 0 Å². The highest BCUT2D eigenvalue weighted by Crippen LogP contribution is 2.17. The number of anilines is 1. The predicted molar refractivity (Wildman–Crippen MR) is 90.2 cm³/mol. The standard InChI is InChI=1S/C17H17NO.C2H6/c1-15(19)12-13-18(17-10-6-3-7-11-17)14-16-8-4-2-5-9-16;1-2/h2-13H,14H2,1H3;1-2H3/b13-12+;. The molecule has 0 amide bonds. The second-order valence-corrected chi connectivity index (χ2v) is 4.38. The molecule has 2 aromatic rings. The van der Waals surface area contributed by atoms with E-state index in [2.05, 4.69) is 17.0 Å². The van der Waals surface area contributed by atoms with Gasteiger partial charge in [-0.3, -0.25) is 4.79 Å². The second-order valence-electron chi connectivity index (χ2n) is 4.38. The van der Waals surface area contributed by atoms with Gasteiger partial charge in [-0.25, -0.2) is 0 Å². The van der Waals surface area contributed by atoms with Crippen LogP contribution >= 0.6 is 0 Å². The van der Waals surface area contributed by atoms with Crippen LogP contribution in [0, 0.1) is 0 Å². The first kappa shape index (κ1) is 16.7. The van der Waals surface area contributed by atoms with Gasteiger partial charge in [-0.15, -0.1) is 0 Å². The molecule has 2 rings (SSSR count). The van der Waals surface area contributed by atoms with E-state index < -0.39 is 0 Å². The molecule has 21 heavy (non-hydrogen) atoms. The molecule has 0 unspecified atom stereocenters. The first-order valence-corrected chi connectivity index (χ1v) is 7.30. The van der Waals surface area contributed by atoms with E-state index in [0.29, 0.717) is 0 Å². The Bertz CT molecular complexity index is 546. The monoisotopic (exact) mass is 281 g/mol. The Hall–Kier alpha value is -2.35. The summed E-state index contributed by atoms with van der Waals surface area (Å²) < 4.78 is 0. The SMILES string of the molecule is CC.CC(=O)/C=C/N(Cc1ccccc1)c1ccccc1. The average Bonchev–Trinajstić information content (AvgIpc) is 2.55. The Morgan fingerprint density at radius 1 is 0.952 bits per heavy atom. The maximum absolute atomic E-state index is 11.1. The van der Waals surface area contributed by atoms with E-state index in [1.807, 2.05) is 68.6 Å². The molecule has 0 spiro atoms. The lowest BCUT2D eigenvalue weighted by atomic mass is 10.2. The summed E-state index contributed by atoms with van der Waals surface area (Å²) in [5.41, 5.74) is 2.28. The Labute approximate surface area is 127 Å². The number of carbonyl (C=O) groups is 1. The minimum atomic E-state index is 0.0500. The molecule has 0 fully saturated rings. The molecule has 0 aromatic heterocycles. The fraction of sp³-hybridized carbons (Fsp3) is 0.211. The molecule has 0 aliphatic carbocycles. The average molecular weight is 281 g/mol. The van der Waals surface area contributed by atoms with Gasteiger partial charge >= 0.3 is 0 Å². The fourth-order valence-electron chi connectivity index (χ4n) is 1.82. The molecule has 2 nitrogen and oxygen atoms in total. The molecular formula is C19H23NO. The lowest BCUT2D eigenvalue weighted by Crippen LogP contribution is -2.15. The van der Waals surface area contributed by atoms with Crippen molar-refractivity contribution in [1.82, 2.24) is 0 Å². The van der Waals surface area contributed by atoms with Gasteiger partial charge in [-0.1, -0.05) is 62.4 Å². The van der Waals surface area contributed by atoms with E-state index in [1.54, 1.807) is 13.0 Å². The molecule has 0 saturated carbocycles. The highest BCUT2D eigenvalue weighted by Gasteiger charge is 2.03. The Morgan fingerprint density at radius 3 is 2.00 bits per heavy atom. The first-order valence-electron chi connectivity index (χ1n) is 7.30. The molecule has 0 N–H and O–H groups in total. The fourth-order valence-corrected chi connectivity index (χ4v) is 1.82. The number of allylic oxidation sites excluding steroid dienone is 1. The number of benzene rings is 2. The normalized spacial score (nSPS) is 9.86. The quantitative estimate of drug-likeness (QED) is 0.732. The zero-order chi connectivity index (χ0) is 15.5. The summed E-state index contributed by atoms with van der Waals surface area (Å²) in [6, 6.07) is 20.3. The van der Waals surface area contributed by atoms with Crippen molar-refractivity contribution in [3.05, 3.63) is 78.5 Å². The summed E-state index contributed by atoms with van der Waals surface area (Å²) >= 11 is 0. The Morgan fingerprint density at radius 2 is 1.48 bits per heavy atom. The molecule has 2 heteroatoms. The van der Waals surface area contributed by atoms with Crippen LogP contribution in [0.15, 0.2) is 72.9 Å². The smallest absolute Gasteiger partial charge is 0.154 e. The van der Waals surface area contributed by atoms with E-state index in [-0.39, 0.29) is 5.78 Å². The number of hydrogen-bond acceptors (Lipinski definition) is 2. The van der Waals surface area contributed by atoms with E-state index in [9.17, 15) is 4.79 Å². The van der Waals surface area contributed by atoms with E-state index in [1.165, 1.54) is 5.56 Å². The van der Waals surface area contributed by atoms with Gasteiger partial charge in [0.15, 0.2) is 5.78 Å². The second kappa shape index (κ2) is 9.54. The van der Waals surface area contributed by atoms with Gasteiger partial charge < -0.3 is 4.90 Å². The zero-order valence-electron chi connectivity index (χ0n) is 13.0. The molecule has 0 saturated heterocycles. The van der Waals surface area contributed by atoms with Gasteiger partial charge in [0, 0.05) is 18.4 Å². The molecule has 2 aromatic carbocycles. The summed E-state index contributed by atoms with van der Waals surface area (Å²) in [6.45, 7) is 6.30. The third-order valence-corrected chi connectivity index (χ3v) is 2.77. The largest absolute Gasteiger partial charge is 0.343 e. The molecule has 0 radical (unpaired) electrons. The van der Waals surface area contributed by atoms with Crippen LogP contribution < -0.4 is 4.90 Å². The van der Waals surface area contributed by atoms with Crippen LogP contribution in [0.4, 0.5) is 5.69 Å². The number of nitrogens with zero attached hydrogens (tertiary/aromatic N) is 1. The number of rotatable bonds is 5. The highest BCUT2D eigenvalue weighted by atomic mass is 16.1. The van der Waals surface area contributed by atoms with E-state index in [4.69, 9.17) is 0 Å². The van der Waals surface area contributed by atoms with Gasteiger partial charge in [0.2, 0.25) is 0 Å². The maximum atomic E-state index is 11.1. The van der Waals surface area contributed by atoms with Gasteiger partial charge in [0.1, 0.15) is 0 Å². The summed E-state index contributed by atoms with van der Waals surface area (Å²) in [6.07, 6.45) is 3.43. The first-order chi connectivity index (χ1) is 10.3. The van der Waals surface area contributed by atoms with Crippen LogP contribution in [-0.2, 0) is 11.3 Å². The lowest BCUT2D eigenvalue weighted by Gasteiger charge is -2.20. The minimum Gasteiger partial charge on any atom is -0.343 e. The van der Waals surface area contributed by atoms with Crippen LogP contribution in [0.3, 0.4) is 0 Å². The molecule has 0 heterocycles. The summed E-state index contributed by atoms with van der Waals surface area (Å²) in [7, 11) is 0. The molecule has 0 atom stereocenters. The summed E-state index contributed by atoms with van der Waals surface area (Å²) in [5.74, 6) is 0.0500. The third-order valence-electron chi connectivity index (χ3n) is 2.77. The number of carbonyl (C=O) groups excluding carboxylic acids is 1. The van der Waals surface area contributed by atoms with Gasteiger partial charge in [-0.05, 0) is 30.7 Å². The number of para-hydroxylation sites is 1. The Kier molecular flexibility index (Phi) is 7.59. The van der Waals surface area contributed by atoms with Crippen molar-refractivity contribution < 1.29 is 4.79 Å². The summed E-state index contributed by atoms with van der Waals surface area (Å²) in [5, 5.41) is 0. The van der Waals surface area contributed by atoms with Crippen LogP contribution in [0.5, 0.6) is 0 Å². The van der Waals surface area contributed by atoms with Gasteiger partial charge in [0.05, 0.1) is 0 Å². The highest BCUT2D eigenvalue weighted by molar-refractivity contribution is 5.87. The van der Waals surface area contributed by atoms with Crippen molar-refractivity contribution in [3.8, 4) is 0 Å².